The summed E-state index contributed by atoms with van der Waals surface area (Å²) >= 11 is 12.5. The van der Waals surface area contributed by atoms with Crippen LogP contribution in [0.4, 0.5) is 0 Å². The number of hydrogen-bond acceptors (Lipinski definition) is 5. The summed E-state index contributed by atoms with van der Waals surface area (Å²) in [5.74, 6) is -2.49. The second-order valence-corrected chi connectivity index (χ2v) is 5.69. The van der Waals surface area contributed by atoms with Gasteiger partial charge >= 0.3 is 5.97 Å². The lowest BCUT2D eigenvalue weighted by atomic mass is 9.78. The summed E-state index contributed by atoms with van der Waals surface area (Å²) in [6.45, 7) is 3.40. The normalized spacial score (nSPS) is 20.7. The Balaban J connectivity index is 2.71. The number of nitrogens with one attached hydrogen (secondary N) is 1. The van der Waals surface area contributed by atoms with Crippen molar-refractivity contribution >= 4 is 35.1 Å². The van der Waals surface area contributed by atoms with Crippen LogP contribution in [0.1, 0.15) is 25.3 Å². The van der Waals surface area contributed by atoms with Crippen LogP contribution < -0.4 is 0 Å². The molecule has 1 aliphatic rings. The topological polar surface area (TPSA) is 83.2 Å². The predicted octanol–water partition coefficient (Wildman–Crippen LogP) is 4.06. The van der Waals surface area contributed by atoms with Crippen LogP contribution in [-0.2, 0) is 14.3 Å². The van der Waals surface area contributed by atoms with Gasteiger partial charge in [-0.2, -0.15) is 5.26 Å². The number of nitrogens with zero attached hydrogens (tertiary/aromatic N) is 1. The Labute approximate surface area is 143 Å². The lowest BCUT2D eigenvalue weighted by Crippen LogP contribution is -2.33. The summed E-state index contributed by atoms with van der Waals surface area (Å²) in [4.78, 5) is 12.4. The number of hydrogen-bond donors (Lipinski definition) is 1. The van der Waals surface area contributed by atoms with Crippen molar-refractivity contribution in [1.82, 2.24) is 0 Å². The van der Waals surface area contributed by atoms with Crippen LogP contribution in [0.3, 0.4) is 0 Å². The van der Waals surface area contributed by atoms with E-state index in [0.717, 1.165) is 0 Å². The van der Waals surface area contributed by atoms with Gasteiger partial charge in [0.25, 0.3) is 0 Å². The number of benzene rings is 1. The number of carbonyl (C=O) groups excluding carboxylic acids is 1. The van der Waals surface area contributed by atoms with Crippen molar-refractivity contribution in [3.8, 4) is 6.07 Å². The number of nitriles is 1. The van der Waals surface area contributed by atoms with Gasteiger partial charge in [0, 0.05) is 16.0 Å². The SMILES string of the molecule is CCOC(=O)C1=C(C)OC(=N)C(C#N)C1c1c(Cl)cccc1Cl. The van der Waals surface area contributed by atoms with E-state index in [1.54, 1.807) is 32.0 Å². The van der Waals surface area contributed by atoms with E-state index in [-0.39, 0.29) is 23.8 Å². The van der Waals surface area contributed by atoms with Gasteiger partial charge in [0.1, 0.15) is 11.7 Å². The highest BCUT2D eigenvalue weighted by atomic mass is 35.5. The predicted molar refractivity (Wildman–Crippen MR) is 86.5 cm³/mol. The van der Waals surface area contributed by atoms with E-state index in [4.69, 9.17) is 38.1 Å². The molecule has 1 aromatic carbocycles. The first-order valence-electron chi connectivity index (χ1n) is 6.90. The molecule has 0 saturated heterocycles. The van der Waals surface area contributed by atoms with Gasteiger partial charge in [-0.3, -0.25) is 5.41 Å². The fourth-order valence-corrected chi connectivity index (χ4v) is 3.18. The van der Waals surface area contributed by atoms with Gasteiger partial charge in [0.05, 0.1) is 18.2 Å². The van der Waals surface area contributed by atoms with Gasteiger partial charge in [0.2, 0.25) is 5.90 Å². The fraction of sp³-hybridized carbons (Fsp3) is 0.312. The first-order chi connectivity index (χ1) is 10.9. The molecule has 2 unspecified atom stereocenters. The molecule has 0 fully saturated rings. The molecule has 1 aromatic rings. The van der Waals surface area contributed by atoms with Crippen LogP contribution in [0.5, 0.6) is 0 Å². The smallest absolute Gasteiger partial charge is 0.338 e. The largest absolute Gasteiger partial charge is 0.463 e. The quantitative estimate of drug-likeness (QED) is 0.831. The van der Waals surface area contributed by atoms with E-state index in [1.165, 1.54) is 0 Å². The lowest BCUT2D eigenvalue weighted by molar-refractivity contribution is -0.139. The number of esters is 1. The zero-order valence-corrected chi connectivity index (χ0v) is 14.0. The van der Waals surface area contributed by atoms with E-state index in [2.05, 4.69) is 0 Å². The molecule has 0 amide bonds. The van der Waals surface area contributed by atoms with Gasteiger partial charge in [-0.25, -0.2) is 4.79 Å². The average Bonchev–Trinajstić information content (AvgIpc) is 2.47. The van der Waals surface area contributed by atoms with Crippen LogP contribution in [0, 0.1) is 22.7 Å². The first kappa shape index (κ1) is 17.3. The molecule has 2 rings (SSSR count). The third kappa shape index (κ3) is 3.19. The number of allylic oxidation sites excluding steroid dienone is 1. The summed E-state index contributed by atoms with van der Waals surface area (Å²) in [6.07, 6.45) is 0. The van der Waals surface area contributed by atoms with Crippen molar-refractivity contribution in [2.75, 3.05) is 6.61 Å². The number of rotatable bonds is 3. The molecule has 7 heteroatoms. The summed E-state index contributed by atoms with van der Waals surface area (Å²) in [6, 6.07) is 6.90. The highest BCUT2D eigenvalue weighted by Gasteiger charge is 2.43. The maximum Gasteiger partial charge on any atom is 0.338 e. The number of carbonyl (C=O) groups is 1. The van der Waals surface area contributed by atoms with E-state index in [9.17, 15) is 10.1 Å². The molecule has 1 aliphatic heterocycles. The standard InChI is InChI=1S/C16H14Cl2N2O3/c1-3-22-16(21)12-8(2)23-15(20)9(7-19)13(12)14-10(17)5-4-6-11(14)18/h4-6,9,13,20H,3H2,1-2H3. The highest BCUT2D eigenvalue weighted by molar-refractivity contribution is 6.36. The molecule has 0 saturated carbocycles. The third-order valence-electron chi connectivity index (χ3n) is 3.51. The maximum atomic E-state index is 12.4. The zero-order valence-electron chi connectivity index (χ0n) is 12.5. The van der Waals surface area contributed by atoms with Crippen molar-refractivity contribution in [2.45, 2.75) is 19.8 Å². The molecule has 5 nitrogen and oxygen atoms in total. The summed E-state index contributed by atoms with van der Waals surface area (Å²) in [5, 5.41) is 18.0. The van der Waals surface area contributed by atoms with Crippen molar-refractivity contribution in [3.63, 3.8) is 0 Å². The van der Waals surface area contributed by atoms with Crippen molar-refractivity contribution in [1.29, 1.82) is 10.7 Å². The molecule has 2 atom stereocenters. The Morgan fingerprint density at radius 2 is 2.04 bits per heavy atom. The first-order valence-corrected chi connectivity index (χ1v) is 7.65. The van der Waals surface area contributed by atoms with Crippen molar-refractivity contribution in [3.05, 3.63) is 45.1 Å². The molecule has 0 aromatic heterocycles. The lowest BCUT2D eigenvalue weighted by Gasteiger charge is -2.31. The molecule has 1 N–H and O–H groups in total. The minimum Gasteiger partial charge on any atom is -0.463 e. The summed E-state index contributed by atoms with van der Waals surface area (Å²) < 4.78 is 10.3. The van der Waals surface area contributed by atoms with Crippen molar-refractivity contribution < 1.29 is 14.3 Å². The fourth-order valence-electron chi connectivity index (χ4n) is 2.55. The second kappa shape index (κ2) is 7.03. The Morgan fingerprint density at radius 3 is 2.57 bits per heavy atom. The van der Waals surface area contributed by atoms with Gasteiger partial charge in [-0.05, 0) is 31.5 Å². The Bertz CT molecular complexity index is 717. The minimum absolute atomic E-state index is 0.157. The van der Waals surface area contributed by atoms with E-state index in [1.807, 2.05) is 6.07 Å². The zero-order chi connectivity index (χ0) is 17.1. The maximum absolute atomic E-state index is 12.4. The van der Waals surface area contributed by atoms with Gasteiger partial charge in [0.15, 0.2) is 0 Å². The molecule has 1 heterocycles. The van der Waals surface area contributed by atoms with Crippen LogP contribution in [-0.4, -0.2) is 18.5 Å². The van der Waals surface area contributed by atoms with Crippen molar-refractivity contribution in [2.24, 2.45) is 5.92 Å². The minimum atomic E-state index is -1.02. The Kier molecular flexibility index (Phi) is 5.30. The molecular weight excluding hydrogens is 339 g/mol. The second-order valence-electron chi connectivity index (χ2n) is 4.88. The van der Waals surface area contributed by atoms with Gasteiger partial charge in [-0.1, -0.05) is 29.3 Å². The molecule has 0 aliphatic carbocycles. The van der Waals surface area contributed by atoms with Crippen LogP contribution in [0.15, 0.2) is 29.5 Å². The molecule has 0 bridgehead atoms. The van der Waals surface area contributed by atoms with Crippen LogP contribution >= 0.6 is 23.2 Å². The van der Waals surface area contributed by atoms with Gasteiger partial charge < -0.3 is 9.47 Å². The number of halogens is 2. The monoisotopic (exact) mass is 352 g/mol. The highest BCUT2D eigenvalue weighted by Crippen LogP contribution is 2.44. The van der Waals surface area contributed by atoms with E-state index >= 15 is 0 Å². The van der Waals surface area contributed by atoms with Gasteiger partial charge in [-0.15, -0.1) is 0 Å². The molecule has 0 spiro atoms. The Morgan fingerprint density at radius 1 is 1.43 bits per heavy atom. The van der Waals surface area contributed by atoms with Crippen LogP contribution in [0.25, 0.3) is 0 Å². The average molecular weight is 353 g/mol. The summed E-state index contributed by atoms with van der Waals surface area (Å²) in [5.41, 5.74) is 0.572. The third-order valence-corrected chi connectivity index (χ3v) is 4.17. The van der Waals surface area contributed by atoms with E-state index in [0.29, 0.717) is 15.6 Å². The molecular formula is C16H14Cl2N2O3. The van der Waals surface area contributed by atoms with Crippen LogP contribution in [0.2, 0.25) is 10.0 Å². The summed E-state index contributed by atoms with van der Waals surface area (Å²) in [7, 11) is 0. The molecule has 0 radical (unpaired) electrons. The molecule has 23 heavy (non-hydrogen) atoms. The van der Waals surface area contributed by atoms with E-state index < -0.39 is 17.8 Å². The number of ether oxygens (including phenoxy) is 2. The Hall–Kier alpha value is -2.03. The molecule has 120 valence electrons.